The van der Waals surface area contributed by atoms with Crippen molar-refractivity contribution in [3.05, 3.63) is 75.8 Å². The number of hydrogen-bond donors (Lipinski definition) is 0. The van der Waals surface area contributed by atoms with Crippen LogP contribution >= 0.6 is 0 Å². The minimum absolute atomic E-state index is 0.0216. The Labute approximate surface area is 204 Å². The van der Waals surface area contributed by atoms with Crippen molar-refractivity contribution in [2.24, 2.45) is 0 Å². The molecule has 3 rings (SSSR count). The van der Waals surface area contributed by atoms with Crippen LogP contribution in [-0.4, -0.2) is 7.85 Å². The van der Waals surface area contributed by atoms with E-state index >= 15 is 0 Å². The van der Waals surface area contributed by atoms with Crippen molar-refractivity contribution in [2.45, 2.75) is 92.9 Å². The zero-order valence-electron chi connectivity index (χ0n) is 22.2. The Balaban J connectivity index is 2.45. The smallest absolute Gasteiger partial charge is 0.0884 e. The molecule has 0 fully saturated rings. The van der Waals surface area contributed by atoms with Gasteiger partial charge in [-0.3, -0.25) is 0 Å². The summed E-state index contributed by atoms with van der Waals surface area (Å²) in [5.74, 6) is 0. The lowest BCUT2D eigenvalue weighted by Gasteiger charge is -2.30. The fourth-order valence-corrected chi connectivity index (χ4v) is 5.33. The standard InChI is InChI=1S/C32H41B/c1-9-21-17-23(11-3)29(24(12-4)18-21)26-15-14-16-27(31(26)32(6,7)8)30-25(13-5)19-22(10-2)20-28(30)33/h14-20H,9-13H2,1-8H3. The topological polar surface area (TPSA) is 0 Å². The third kappa shape index (κ3) is 4.98. The van der Waals surface area contributed by atoms with Crippen LogP contribution in [0.1, 0.15) is 88.8 Å². The Morgan fingerprint density at radius 3 is 1.45 bits per heavy atom. The number of benzene rings is 3. The largest absolute Gasteiger partial charge is 0.114 e. The van der Waals surface area contributed by atoms with Crippen LogP contribution in [0.25, 0.3) is 22.3 Å². The maximum Gasteiger partial charge on any atom is 0.114 e. The molecule has 2 radical (unpaired) electrons. The monoisotopic (exact) mass is 436 g/mol. The van der Waals surface area contributed by atoms with Gasteiger partial charge in [0, 0.05) is 0 Å². The highest BCUT2D eigenvalue weighted by Crippen LogP contribution is 2.43. The van der Waals surface area contributed by atoms with E-state index in [2.05, 4.69) is 97.9 Å². The zero-order valence-corrected chi connectivity index (χ0v) is 22.2. The first-order valence-corrected chi connectivity index (χ1v) is 12.9. The van der Waals surface area contributed by atoms with E-state index in [0.717, 1.165) is 37.6 Å². The molecule has 0 atom stereocenters. The molecule has 0 unspecified atom stereocenters. The van der Waals surface area contributed by atoms with Crippen LogP contribution in [0.4, 0.5) is 0 Å². The van der Waals surface area contributed by atoms with Crippen molar-refractivity contribution < 1.29 is 0 Å². The van der Waals surface area contributed by atoms with E-state index in [9.17, 15) is 0 Å². The summed E-state index contributed by atoms with van der Waals surface area (Å²) in [5, 5.41) is 0. The molecular formula is C32H41B. The SMILES string of the molecule is [B]c1cc(CC)cc(CC)c1-c1cccc(-c2c(CC)cc(CC)cc2CC)c1C(C)(C)C. The minimum Gasteiger partial charge on any atom is -0.0884 e. The van der Waals surface area contributed by atoms with Crippen molar-refractivity contribution in [3.8, 4) is 22.3 Å². The van der Waals surface area contributed by atoms with E-state index in [4.69, 9.17) is 7.85 Å². The number of aryl methyl sites for hydroxylation is 5. The maximum atomic E-state index is 6.76. The summed E-state index contributed by atoms with van der Waals surface area (Å²) in [4.78, 5) is 0. The number of hydrogen-bond acceptors (Lipinski definition) is 0. The maximum absolute atomic E-state index is 6.76. The molecule has 0 heterocycles. The molecule has 1 heteroatoms. The Morgan fingerprint density at radius 1 is 0.606 bits per heavy atom. The van der Waals surface area contributed by atoms with Crippen molar-refractivity contribution in [1.82, 2.24) is 0 Å². The Kier molecular flexibility index (Phi) is 7.94. The lowest BCUT2D eigenvalue weighted by Crippen LogP contribution is -2.19. The predicted octanol–water partition coefficient (Wildman–Crippen LogP) is 7.92. The summed E-state index contributed by atoms with van der Waals surface area (Å²) in [6.07, 6.45) is 5.14. The second-order valence-corrected chi connectivity index (χ2v) is 10.3. The van der Waals surface area contributed by atoms with E-state index in [1.54, 1.807) is 0 Å². The summed E-state index contributed by atoms with van der Waals surface area (Å²) in [6, 6.07) is 16.3. The van der Waals surface area contributed by atoms with Gasteiger partial charge in [-0.25, -0.2) is 0 Å². The van der Waals surface area contributed by atoms with E-state index in [1.165, 1.54) is 55.6 Å². The van der Waals surface area contributed by atoms with Gasteiger partial charge in [-0.2, -0.15) is 0 Å². The fourth-order valence-electron chi connectivity index (χ4n) is 5.33. The molecule has 0 aliphatic carbocycles. The van der Waals surface area contributed by atoms with E-state index in [-0.39, 0.29) is 5.41 Å². The second kappa shape index (κ2) is 10.3. The van der Waals surface area contributed by atoms with E-state index in [1.807, 2.05) is 0 Å². The number of rotatable bonds is 7. The molecule has 0 aromatic heterocycles. The normalized spacial score (nSPS) is 11.8. The Morgan fingerprint density at radius 2 is 1.03 bits per heavy atom. The average molecular weight is 436 g/mol. The molecule has 0 nitrogen and oxygen atoms in total. The third-order valence-corrected chi connectivity index (χ3v) is 6.98. The van der Waals surface area contributed by atoms with Crippen molar-refractivity contribution in [3.63, 3.8) is 0 Å². The molecule has 0 aliphatic heterocycles. The molecule has 0 saturated heterocycles. The van der Waals surface area contributed by atoms with Gasteiger partial charge in [-0.15, -0.1) is 0 Å². The van der Waals surface area contributed by atoms with Crippen LogP contribution in [0.2, 0.25) is 0 Å². The summed E-state index contributed by atoms with van der Waals surface area (Å²) in [7, 11) is 6.76. The van der Waals surface area contributed by atoms with Crippen LogP contribution in [0.15, 0.2) is 42.5 Å². The van der Waals surface area contributed by atoms with Crippen LogP contribution in [0.3, 0.4) is 0 Å². The molecular weight excluding hydrogens is 395 g/mol. The minimum atomic E-state index is -0.0216. The van der Waals surface area contributed by atoms with Gasteiger partial charge >= 0.3 is 0 Å². The van der Waals surface area contributed by atoms with Gasteiger partial charge in [-0.1, -0.05) is 103 Å². The van der Waals surface area contributed by atoms with Gasteiger partial charge in [-0.05, 0) is 93.2 Å². The molecule has 0 aliphatic rings. The van der Waals surface area contributed by atoms with Crippen LogP contribution in [0, 0.1) is 0 Å². The highest BCUT2D eigenvalue weighted by atomic mass is 14.3. The van der Waals surface area contributed by atoms with E-state index < -0.39 is 0 Å². The van der Waals surface area contributed by atoms with Crippen molar-refractivity contribution in [2.75, 3.05) is 0 Å². The van der Waals surface area contributed by atoms with Gasteiger partial charge in [0.2, 0.25) is 0 Å². The Bertz CT molecular complexity index is 1100. The van der Waals surface area contributed by atoms with Crippen molar-refractivity contribution in [1.29, 1.82) is 0 Å². The van der Waals surface area contributed by atoms with Gasteiger partial charge in [0.05, 0.1) is 0 Å². The summed E-state index contributed by atoms with van der Waals surface area (Å²) in [6.45, 7) is 18.3. The highest BCUT2D eigenvalue weighted by molar-refractivity contribution is 6.36. The first-order chi connectivity index (χ1) is 15.7. The van der Waals surface area contributed by atoms with Gasteiger partial charge < -0.3 is 0 Å². The third-order valence-electron chi connectivity index (χ3n) is 6.98. The molecule has 0 N–H and O–H groups in total. The summed E-state index contributed by atoms with van der Waals surface area (Å²) < 4.78 is 0. The predicted molar refractivity (Wildman–Crippen MR) is 148 cm³/mol. The van der Waals surface area contributed by atoms with Crippen LogP contribution < -0.4 is 5.46 Å². The molecule has 3 aromatic rings. The molecule has 0 amide bonds. The van der Waals surface area contributed by atoms with Gasteiger partial charge in [0.15, 0.2) is 0 Å². The lowest BCUT2D eigenvalue weighted by molar-refractivity contribution is 0.593. The first kappa shape index (κ1) is 25.3. The highest BCUT2D eigenvalue weighted by Gasteiger charge is 2.26. The second-order valence-electron chi connectivity index (χ2n) is 10.3. The molecule has 0 saturated carbocycles. The van der Waals surface area contributed by atoms with Crippen LogP contribution in [0.5, 0.6) is 0 Å². The molecule has 172 valence electrons. The van der Waals surface area contributed by atoms with Crippen molar-refractivity contribution >= 4 is 13.3 Å². The molecule has 33 heavy (non-hydrogen) atoms. The first-order valence-electron chi connectivity index (χ1n) is 12.9. The molecule has 3 aromatic carbocycles. The Hall–Kier alpha value is -2.28. The van der Waals surface area contributed by atoms with E-state index in [0.29, 0.717) is 0 Å². The van der Waals surface area contributed by atoms with Crippen LogP contribution in [-0.2, 0) is 37.5 Å². The average Bonchev–Trinajstić information content (AvgIpc) is 2.81. The summed E-state index contributed by atoms with van der Waals surface area (Å²) >= 11 is 0. The fraction of sp³-hybridized carbons (Fsp3) is 0.438. The lowest BCUT2D eigenvalue weighted by atomic mass is 9.72. The molecule has 0 bridgehead atoms. The summed E-state index contributed by atoms with van der Waals surface area (Å²) in [5.41, 5.74) is 14.6. The zero-order chi connectivity index (χ0) is 24.3. The molecule has 0 spiro atoms. The van der Waals surface area contributed by atoms with Gasteiger partial charge in [0.25, 0.3) is 0 Å². The quantitative estimate of drug-likeness (QED) is 0.330. The van der Waals surface area contributed by atoms with Gasteiger partial charge in [0.1, 0.15) is 7.85 Å².